The summed E-state index contributed by atoms with van der Waals surface area (Å²) in [5, 5.41) is 12.2. The molecule has 19 heavy (non-hydrogen) atoms. The topological polar surface area (TPSA) is 56.1 Å². The molecule has 1 atom stereocenters. The third-order valence-electron chi connectivity index (χ3n) is 3.13. The van der Waals surface area contributed by atoms with Crippen LogP contribution in [0.25, 0.3) is 0 Å². The molecule has 1 N–H and O–H groups in total. The normalized spacial score (nSPS) is 19.1. The number of nitriles is 1. The predicted octanol–water partition coefficient (Wildman–Crippen LogP) is 3.03. The highest BCUT2D eigenvalue weighted by Gasteiger charge is 2.30. The molecule has 2 rings (SSSR count). The van der Waals surface area contributed by atoms with Gasteiger partial charge in [0.1, 0.15) is 0 Å². The Hall–Kier alpha value is -1.09. The lowest BCUT2D eigenvalue weighted by atomic mass is 10.2. The molecule has 1 aromatic carbocycles. The molecule has 1 heterocycles. The second-order valence-electron chi connectivity index (χ2n) is 4.40. The highest BCUT2D eigenvalue weighted by Crippen LogP contribution is 2.26. The van der Waals surface area contributed by atoms with Crippen molar-refractivity contribution in [2.45, 2.75) is 18.9 Å². The van der Waals surface area contributed by atoms with E-state index < -0.39 is 0 Å². The lowest BCUT2D eigenvalue weighted by molar-refractivity contribution is -0.120. The van der Waals surface area contributed by atoms with Gasteiger partial charge in [0, 0.05) is 16.7 Å². The van der Waals surface area contributed by atoms with Gasteiger partial charge in [0.25, 0.3) is 0 Å². The Kier molecular flexibility index (Phi) is 4.81. The Bertz CT molecular complexity index is 529. The molecule has 0 spiro atoms. The van der Waals surface area contributed by atoms with E-state index in [1.807, 2.05) is 4.90 Å². The van der Waals surface area contributed by atoms with Crippen molar-refractivity contribution in [3.8, 4) is 6.07 Å². The number of rotatable bonds is 3. The van der Waals surface area contributed by atoms with Gasteiger partial charge in [-0.15, -0.1) is 0 Å². The number of likely N-dealkylation sites (tertiary alicyclic amines) is 1. The molecule has 1 saturated heterocycles. The number of hydrogen-bond donors (Lipinski definition) is 1. The molecule has 0 aromatic heterocycles. The Morgan fingerprint density at radius 1 is 1.63 bits per heavy atom. The van der Waals surface area contributed by atoms with E-state index in [0.29, 0.717) is 17.3 Å². The molecule has 0 saturated carbocycles. The average molecular weight is 343 g/mol. The molecule has 1 aromatic rings. The van der Waals surface area contributed by atoms with Crippen molar-refractivity contribution in [1.29, 1.82) is 5.26 Å². The summed E-state index contributed by atoms with van der Waals surface area (Å²) in [6.07, 6.45) is 1.74. The second kappa shape index (κ2) is 6.38. The summed E-state index contributed by atoms with van der Waals surface area (Å²) >= 11 is 9.22. The van der Waals surface area contributed by atoms with Crippen molar-refractivity contribution in [3.05, 3.63) is 27.7 Å². The lowest BCUT2D eigenvalue weighted by Crippen LogP contribution is -2.39. The van der Waals surface area contributed by atoms with E-state index in [0.717, 1.165) is 23.9 Å². The fourth-order valence-corrected chi connectivity index (χ4v) is 2.70. The number of carbonyl (C=O) groups excluding carboxylic acids is 1. The molecular formula is C13H13BrClN3O. The molecule has 1 fully saturated rings. The minimum atomic E-state index is -0.214. The van der Waals surface area contributed by atoms with Crippen LogP contribution in [0.5, 0.6) is 0 Å². The first kappa shape index (κ1) is 14.3. The Labute approximate surface area is 125 Å². The van der Waals surface area contributed by atoms with Crippen LogP contribution in [0, 0.1) is 11.3 Å². The molecule has 100 valence electrons. The summed E-state index contributed by atoms with van der Waals surface area (Å²) in [6.45, 7) is 1.10. The standard InChI is InChI=1S/C13H13BrClN3O/c14-10-8-9(3-4-11(10)15)17-13(19)12-2-1-6-18(12)7-5-16/h3-4,8,12H,1-2,6-7H2,(H,17,19)/t12-/m1/s1. The number of carbonyl (C=O) groups is 1. The number of amides is 1. The van der Waals surface area contributed by atoms with E-state index >= 15 is 0 Å². The lowest BCUT2D eigenvalue weighted by Gasteiger charge is -2.20. The molecule has 4 nitrogen and oxygen atoms in total. The fourth-order valence-electron chi connectivity index (χ4n) is 2.20. The van der Waals surface area contributed by atoms with Gasteiger partial charge in [0.05, 0.1) is 23.7 Å². The third-order valence-corrected chi connectivity index (χ3v) is 4.34. The van der Waals surface area contributed by atoms with Crippen molar-refractivity contribution in [2.24, 2.45) is 0 Å². The summed E-state index contributed by atoms with van der Waals surface area (Å²) in [5.74, 6) is -0.0676. The average Bonchev–Trinajstić information content (AvgIpc) is 2.83. The number of anilines is 1. The summed E-state index contributed by atoms with van der Waals surface area (Å²) in [5.41, 5.74) is 0.699. The largest absolute Gasteiger partial charge is 0.325 e. The van der Waals surface area contributed by atoms with Gasteiger partial charge in [0.2, 0.25) is 5.91 Å². The van der Waals surface area contributed by atoms with Crippen molar-refractivity contribution in [1.82, 2.24) is 4.90 Å². The highest BCUT2D eigenvalue weighted by atomic mass is 79.9. The smallest absolute Gasteiger partial charge is 0.241 e. The van der Waals surface area contributed by atoms with Gasteiger partial charge in [-0.3, -0.25) is 9.69 Å². The predicted molar refractivity (Wildman–Crippen MR) is 78.0 cm³/mol. The number of nitrogens with one attached hydrogen (secondary N) is 1. The van der Waals surface area contributed by atoms with E-state index in [2.05, 4.69) is 27.3 Å². The van der Waals surface area contributed by atoms with Gasteiger partial charge >= 0.3 is 0 Å². The minimum Gasteiger partial charge on any atom is -0.325 e. The SMILES string of the molecule is N#CCN1CCC[C@@H]1C(=O)Nc1ccc(Cl)c(Br)c1. The zero-order chi connectivity index (χ0) is 13.8. The van der Waals surface area contributed by atoms with E-state index in [-0.39, 0.29) is 11.9 Å². The molecule has 6 heteroatoms. The minimum absolute atomic E-state index is 0.0676. The molecule has 0 aliphatic carbocycles. The molecule has 1 amide bonds. The van der Waals surface area contributed by atoms with Crippen molar-refractivity contribution >= 4 is 39.1 Å². The molecule has 0 unspecified atom stereocenters. The van der Waals surface area contributed by atoms with Crippen LogP contribution in [0.1, 0.15) is 12.8 Å². The Morgan fingerprint density at radius 3 is 3.11 bits per heavy atom. The van der Waals surface area contributed by atoms with Crippen LogP contribution in [0.3, 0.4) is 0 Å². The van der Waals surface area contributed by atoms with E-state index in [1.54, 1.807) is 18.2 Å². The zero-order valence-corrected chi connectivity index (χ0v) is 12.5. The van der Waals surface area contributed by atoms with Crippen LogP contribution in [0.2, 0.25) is 5.02 Å². The van der Waals surface area contributed by atoms with Gasteiger partial charge in [0.15, 0.2) is 0 Å². The first-order valence-corrected chi connectivity index (χ1v) is 7.16. The van der Waals surface area contributed by atoms with Crippen molar-refractivity contribution < 1.29 is 4.79 Å². The number of nitrogens with zero attached hydrogens (tertiary/aromatic N) is 2. The fraction of sp³-hybridized carbons (Fsp3) is 0.385. The summed E-state index contributed by atoms with van der Waals surface area (Å²) < 4.78 is 0.743. The van der Waals surface area contributed by atoms with Crippen LogP contribution in [-0.2, 0) is 4.79 Å². The van der Waals surface area contributed by atoms with E-state index in [9.17, 15) is 4.79 Å². The first-order chi connectivity index (χ1) is 9.11. The van der Waals surface area contributed by atoms with E-state index in [4.69, 9.17) is 16.9 Å². The number of hydrogen-bond acceptors (Lipinski definition) is 3. The summed E-state index contributed by atoms with van der Waals surface area (Å²) in [4.78, 5) is 14.1. The van der Waals surface area contributed by atoms with Crippen LogP contribution < -0.4 is 5.32 Å². The van der Waals surface area contributed by atoms with Gasteiger partial charge < -0.3 is 5.32 Å². The molecule has 0 bridgehead atoms. The van der Waals surface area contributed by atoms with Crippen LogP contribution in [0.15, 0.2) is 22.7 Å². The summed E-state index contributed by atoms with van der Waals surface area (Å²) in [6, 6.07) is 7.13. The van der Waals surface area contributed by atoms with Gasteiger partial charge in [-0.25, -0.2) is 0 Å². The molecular weight excluding hydrogens is 330 g/mol. The van der Waals surface area contributed by atoms with Crippen LogP contribution in [0.4, 0.5) is 5.69 Å². The van der Waals surface area contributed by atoms with Crippen LogP contribution >= 0.6 is 27.5 Å². The van der Waals surface area contributed by atoms with E-state index in [1.165, 1.54) is 0 Å². The maximum absolute atomic E-state index is 12.2. The number of benzene rings is 1. The first-order valence-electron chi connectivity index (χ1n) is 5.98. The van der Waals surface area contributed by atoms with Crippen molar-refractivity contribution in [2.75, 3.05) is 18.4 Å². The molecule has 1 aliphatic rings. The highest BCUT2D eigenvalue weighted by molar-refractivity contribution is 9.10. The van der Waals surface area contributed by atoms with Gasteiger partial charge in [-0.2, -0.15) is 5.26 Å². The third kappa shape index (κ3) is 3.47. The monoisotopic (exact) mass is 341 g/mol. The van der Waals surface area contributed by atoms with Crippen LogP contribution in [-0.4, -0.2) is 29.9 Å². The quantitative estimate of drug-likeness (QED) is 0.859. The Balaban J connectivity index is 2.04. The molecule has 1 aliphatic heterocycles. The second-order valence-corrected chi connectivity index (χ2v) is 5.67. The number of halogens is 2. The van der Waals surface area contributed by atoms with Gasteiger partial charge in [-0.05, 0) is 47.0 Å². The maximum Gasteiger partial charge on any atom is 0.241 e. The Morgan fingerprint density at radius 2 is 2.42 bits per heavy atom. The van der Waals surface area contributed by atoms with Crippen molar-refractivity contribution in [3.63, 3.8) is 0 Å². The summed E-state index contributed by atoms with van der Waals surface area (Å²) in [7, 11) is 0. The maximum atomic E-state index is 12.2. The zero-order valence-electron chi connectivity index (χ0n) is 10.2. The molecule has 0 radical (unpaired) electrons. The van der Waals surface area contributed by atoms with Gasteiger partial charge in [-0.1, -0.05) is 11.6 Å².